The second kappa shape index (κ2) is 7.34. The number of hydrogen-bond acceptors (Lipinski definition) is 1. The predicted octanol–water partition coefficient (Wildman–Crippen LogP) is 5.41. The molecule has 0 bridgehead atoms. The molecule has 19 heavy (non-hydrogen) atoms. The molecule has 0 amide bonds. The van der Waals surface area contributed by atoms with Gasteiger partial charge in [0.1, 0.15) is 0 Å². The van der Waals surface area contributed by atoms with Gasteiger partial charge in [-0.1, -0.05) is 50.8 Å². The van der Waals surface area contributed by atoms with Crippen molar-refractivity contribution in [3.05, 3.63) is 35.4 Å². The molecule has 0 aromatic heterocycles. The lowest BCUT2D eigenvalue weighted by Crippen LogP contribution is -2.14. The minimum atomic E-state index is 0.623. The monoisotopic (exact) mass is 255 g/mol. The van der Waals surface area contributed by atoms with Crippen LogP contribution in [0.5, 0.6) is 0 Å². The molecule has 1 aromatic rings. The van der Waals surface area contributed by atoms with Crippen LogP contribution in [-0.4, -0.2) is 0 Å². The molecule has 1 fully saturated rings. The Morgan fingerprint density at radius 2 is 1.84 bits per heavy atom. The van der Waals surface area contributed by atoms with Crippen molar-refractivity contribution in [1.29, 1.82) is 5.26 Å². The maximum Gasteiger partial charge on any atom is 0.0994 e. The SMILES string of the molecule is CCCCCC1CCC(c2ccccc2C#N)CC1. The summed E-state index contributed by atoms with van der Waals surface area (Å²) in [4.78, 5) is 0. The minimum absolute atomic E-state index is 0.623. The van der Waals surface area contributed by atoms with E-state index < -0.39 is 0 Å². The fraction of sp³-hybridized carbons (Fsp3) is 0.611. The highest BCUT2D eigenvalue weighted by Gasteiger charge is 2.23. The zero-order valence-electron chi connectivity index (χ0n) is 12.1. The van der Waals surface area contributed by atoms with E-state index in [4.69, 9.17) is 0 Å². The van der Waals surface area contributed by atoms with Gasteiger partial charge >= 0.3 is 0 Å². The molecule has 0 aliphatic heterocycles. The van der Waals surface area contributed by atoms with Crippen LogP contribution in [0.1, 0.15) is 75.3 Å². The molecule has 0 heterocycles. The van der Waals surface area contributed by atoms with Gasteiger partial charge in [0.25, 0.3) is 0 Å². The molecule has 0 saturated heterocycles. The third kappa shape index (κ3) is 3.83. The molecule has 0 N–H and O–H groups in total. The third-order valence-electron chi connectivity index (χ3n) is 4.58. The number of nitriles is 1. The summed E-state index contributed by atoms with van der Waals surface area (Å²) in [5.74, 6) is 1.57. The van der Waals surface area contributed by atoms with Crippen molar-refractivity contribution in [2.45, 2.75) is 64.2 Å². The van der Waals surface area contributed by atoms with Crippen molar-refractivity contribution < 1.29 is 0 Å². The summed E-state index contributed by atoms with van der Waals surface area (Å²) in [7, 11) is 0. The maximum absolute atomic E-state index is 9.19. The Morgan fingerprint density at radius 1 is 1.11 bits per heavy atom. The molecule has 0 spiro atoms. The highest BCUT2D eigenvalue weighted by molar-refractivity contribution is 5.39. The molecule has 102 valence electrons. The summed E-state index contributed by atoms with van der Waals surface area (Å²) in [5.41, 5.74) is 2.17. The second-order valence-electron chi connectivity index (χ2n) is 5.91. The van der Waals surface area contributed by atoms with Gasteiger partial charge in [-0.25, -0.2) is 0 Å². The van der Waals surface area contributed by atoms with E-state index in [-0.39, 0.29) is 0 Å². The molecular weight excluding hydrogens is 230 g/mol. The first-order valence-electron chi connectivity index (χ1n) is 7.84. The summed E-state index contributed by atoms with van der Waals surface area (Å²) in [6.45, 7) is 2.27. The summed E-state index contributed by atoms with van der Waals surface area (Å²) in [6, 6.07) is 10.5. The lowest BCUT2D eigenvalue weighted by atomic mass is 9.76. The van der Waals surface area contributed by atoms with Crippen LogP contribution in [0.4, 0.5) is 0 Å². The van der Waals surface area contributed by atoms with Gasteiger partial charge in [0, 0.05) is 0 Å². The fourth-order valence-electron chi connectivity index (χ4n) is 3.40. The smallest absolute Gasteiger partial charge is 0.0994 e. The summed E-state index contributed by atoms with van der Waals surface area (Å²) in [6.07, 6.45) is 10.8. The van der Waals surface area contributed by atoms with Crippen molar-refractivity contribution in [2.75, 3.05) is 0 Å². The molecule has 0 unspecified atom stereocenters. The van der Waals surface area contributed by atoms with Crippen LogP contribution in [0.2, 0.25) is 0 Å². The number of unbranched alkanes of at least 4 members (excludes halogenated alkanes) is 2. The van der Waals surface area contributed by atoms with Gasteiger partial charge in [-0.3, -0.25) is 0 Å². The van der Waals surface area contributed by atoms with Crippen LogP contribution in [0, 0.1) is 17.2 Å². The topological polar surface area (TPSA) is 23.8 Å². The first-order valence-corrected chi connectivity index (χ1v) is 7.84. The highest BCUT2D eigenvalue weighted by atomic mass is 14.3. The average molecular weight is 255 g/mol. The van der Waals surface area contributed by atoms with Crippen LogP contribution < -0.4 is 0 Å². The largest absolute Gasteiger partial charge is 0.192 e. The molecule has 0 radical (unpaired) electrons. The van der Waals surface area contributed by atoms with Gasteiger partial charge < -0.3 is 0 Å². The summed E-state index contributed by atoms with van der Waals surface area (Å²) < 4.78 is 0. The van der Waals surface area contributed by atoms with E-state index in [9.17, 15) is 5.26 Å². The summed E-state index contributed by atoms with van der Waals surface area (Å²) in [5, 5.41) is 9.19. The van der Waals surface area contributed by atoms with Gasteiger partial charge in [-0.2, -0.15) is 5.26 Å². The predicted molar refractivity (Wildman–Crippen MR) is 80.0 cm³/mol. The van der Waals surface area contributed by atoms with Crippen molar-refractivity contribution in [3.63, 3.8) is 0 Å². The normalized spacial score (nSPS) is 22.9. The standard InChI is InChI=1S/C18H25N/c1-2-3-4-7-15-10-12-16(13-11-15)18-9-6-5-8-17(18)14-19/h5-6,8-9,15-16H,2-4,7,10-13H2,1H3. The Morgan fingerprint density at radius 3 is 2.53 bits per heavy atom. The molecule has 1 nitrogen and oxygen atoms in total. The number of hydrogen-bond donors (Lipinski definition) is 0. The van der Waals surface area contributed by atoms with Crippen LogP contribution in [0.25, 0.3) is 0 Å². The lowest BCUT2D eigenvalue weighted by Gasteiger charge is -2.29. The zero-order chi connectivity index (χ0) is 13.5. The molecule has 1 heteroatoms. The first-order chi connectivity index (χ1) is 9.35. The van der Waals surface area contributed by atoms with Crippen molar-refractivity contribution in [3.8, 4) is 6.07 Å². The lowest BCUT2D eigenvalue weighted by molar-refractivity contribution is 0.302. The number of benzene rings is 1. The fourth-order valence-corrected chi connectivity index (χ4v) is 3.40. The molecule has 0 atom stereocenters. The van der Waals surface area contributed by atoms with Gasteiger partial charge in [0.05, 0.1) is 11.6 Å². The van der Waals surface area contributed by atoms with Gasteiger partial charge in [0.15, 0.2) is 0 Å². The third-order valence-corrected chi connectivity index (χ3v) is 4.58. The Kier molecular flexibility index (Phi) is 5.45. The maximum atomic E-state index is 9.19. The molecule has 1 aliphatic carbocycles. The van der Waals surface area contributed by atoms with E-state index in [1.165, 1.54) is 56.9 Å². The molecule has 1 aliphatic rings. The van der Waals surface area contributed by atoms with Crippen LogP contribution in [0.15, 0.2) is 24.3 Å². The molecule has 1 saturated carbocycles. The van der Waals surface area contributed by atoms with Gasteiger partial charge in [0.2, 0.25) is 0 Å². The molecular formula is C18H25N. The van der Waals surface area contributed by atoms with Crippen molar-refractivity contribution in [1.82, 2.24) is 0 Å². The summed E-state index contributed by atoms with van der Waals surface area (Å²) >= 11 is 0. The van der Waals surface area contributed by atoms with E-state index in [2.05, 4.69) is 25.1 Å². The highest BCUT2D eigenvalue weighted by Crippen LogP contribution is 2.38. The van der Waals surface area contributed by atoms with Crippen molar-refractivity contribution in [2.24, 2.45) is 5.92 Å². The zero-order valence-corrected chi connectivity index (χ0v) is 12.1. The Hall–Kier alpha value is -1.29. The van der Waals surface area contributed by atoms with E-state index in [1.807, 2.05) is 12.1 Å². The molecule has 2 rings (SSSR count). The Balaban J connectivity index is 1.88. The van der Waals surface area contributed by atoms with Crippen molar-refractivity contribution >= 4 is 0 Å². The van der Waals surface area contributed by atoms with E-state index in [0.717, 1.165) is 11.5 Å². The van der Waals surface area contributed by atoms with Crippen LogP contribution in [0.3, 0.4) is 0 Å². The second-order valence-corrected chi connectivity index (χ2v) is 5.91. The average Bonchev–Trinajstić information content (AvgIpc) is 2.48. The molecule has 1 aromatic carbocycles. The van der Waals surface area contributed by atoms with E-state index in [1.54, 1.807) is 0 Å². The Labute approximate surface area is 117 Å². The first kappa shape index (κ1) is 14.1. The van der Waals surface area contributed by atoms with Crippen LogP contribution >= 0.6 is 0 Å². The quantitative estimate of drug-likeness (QED) is 0.645. The number of nitrogens with zero attached hydrogens (tertiary/aromatic N) is 1. The van der Waals surface area contributed by atoms with E-state index >= 15 is 0 Å². The van der Waals surface area contributed by atoms with Gasteiger partial charge in [-0.15, -0.1) is 0 Å². The number of rotatable bonds is 5. The minimum Gasteiger partial charge on any atom is -0.192 e. The van der Waals surface area contributed by atoms with E-state index in [0.29, 0.717) is 5.92 Å². The van der Waals surface area contributed by atoms with Gasteiger partial charge in [-0.05, 0) is 49.1 Å². The van der Waals surface area contributed by atoms with Crippen LogP contribution in [-0.2, 0) is 0 Å². The Bertz CT molecular complexity index is 422.